The Kier molecular flexibility index (Phi) is 7.26. The van der Waals surface area contributed by atoms with Gasteiger partial charge in [-0.05, 0) is 42.8 Å². The van der Waals surface area contributed by atoms with Crippen molar-refractivity contribution in [3.63, 3.8) is 0 Å². The number of amides is 1. The van der Waals surface area contributed by atoms with E-state index in [0.29, 0.717) is 49.9 Å². The molecule has 1 aromatic heterocycles. The first-order valence-corrected chi connectivity index (χ1v) is 11.1. The number of aliphatic hydroxyl groups excluding tert-OH is 1. The molecule has 1 aromatic carbocycles. The van der Waals surface area contributed by atoms with Gasteiger partial charge in [0.05, 0.1) is 25.1 Å². The van der Waals surface area contributed by atoms with E-state index in [1.165, 1.54) is 11.2 Å². The number of furan rings is 1. The van der Waals surface area contributed by atoms with Crippen molar-refractivity contribution in [1.82, 2.24) is 9.80 Å². The summed E-state index contributed by atoms with van der Waals surface area (Å²) in [4.78, 5) is 29.7. The summed E-state index contributed by atoms with van der Waals surface area (Å²) in [6.07, 6.45) is 3.83. The van der Waals surface area contributed by atoms with Gasteiger partial charge in [0.1, 0.15) is 29.9 Å². The van der Waals surface area contributed by atoms with E-state index in [4.69, 9.17) is 13.9 Å². The molecule has 2 aromatic rings. The summed E-state index contributed by atoms with van der Waals surface area (Å²) in [6, 6.07) is 9.33. The number of hydrogen-bond donors (Lipinski definition) is 1. The first kappa shape index (κ1) is 22.8. The molecular formula is C25H28N2O6. The number of morpholine rings is 1. The van der Waals surface area contributed by atoms with Gasteiger partial charge in [-0.2, -0.15) is 0 Å². The van der Waals surface area contributed by atoms with Gasteiger partial charge in [0, 0.05) is 31.7 Å². The SMILES string of the molecule is C=CCOc1ccc(C(O)=C2C(=O)C(=O)N(CCCN3CCOCC3)[C@H]2c2ccco2)cc1. The fourth-order valence-corrected chi connectivity index (χ4v) is 4.16. The average Bonchev–Trinajstić information content (AvgIpc) is 3.46. The zero-order chi connectivity index (χ0) is 23.2. The van der Waals surface area contributed by atoms with Crippen LogP contribution in [0.2, 0.25) is 0 Å². The zero-order valence-corrected chi connectivity index (χ0v) is 18.4. The third-order valence-electron chi connectivity index (χ3n) is 5.83. The lowest BCUT2D eigenvalue weighted by atomic mass is 9.99. The van der Waals surface area contributed by atoms with Gasteiger partial charge in [0.2, 0.25) is 0 Å². The number of likely N-dealkylation sites (tertiary alicyclic amines) is 1. The molecule has 2 fully saturated rings. The fraction of sp³-hybridized carbons (Fsp3) is 0.360. The van der Waals surface area contributed by atoms with Crippen molar-refractivity contribution in [3.05, 3.63) is 72.2 Å². The van der Waals surface area contributed by atoms with E-state index in [-0.39, 0.29) is 11.3 Å². The van der Waals surface area contributed by atoms with E-state index in [1.807, 2.05) is 0 Å². The Morgan fingerprint density at radius 1 is 1.15 bits per heavy atom. The summed E-state index contributed by atoms with van der Waals surface area (Å²) in [5.74, 6) is -0.538. The van der Waals surface area contributed by atoms with Crippen LogP contribution in [0.1, 0.15) is 23.8 Å². The molecule has 1 N–H and O–H groups in total. The first-order chi connectivity index (χ1) is 16.1. The molecule has 0 bridgehead atoms. The third kappa shape index (κ3) is 5.02. The smallest absolute Gasteiger partial charge is 0.295 e. The summed E-state index contributed by atoms with van der Waals surface area (Å²) in [7, 11) is 0. The molecule has 33 heavy (non-hydrogen) atoms. The first-order valence-electron chi connectivity index (χ1n) is 11.1. The predicted molar refractivity (Wildman–Crippen MR) is 122 cm³/mol. The maximum Gasteiger partial charge on any atom is 0.295 e. The summed E-state index contributed by atoms with van der Waals surface area (Å²) < 4.78 is 16.4. The number of rotatable bonds is 9. The minimum Gasteiger partial charge on any atom is -0.507 e. The number of ketones is 1. The number of Topliss-reactive ketones (excluding diaryl/α,β-unsaturated/α-hetero) is 1. The Morgan fingerprint density at radius 2 is 1.91 bits per heavy atom. The zero-order valence-electron chi connectivity index (χ0n) is 18.4. The number of carbonyl (C=O) groups is 2. The van der Waals surface area contributed by atoms with Gasteiger partial charge in [-0.1, -0.05) is 12.7 Å². The van der Waals surface area contributed by atoms with Crippen LogP contribution in [0.5, 0.6) is 5.75 Å². The molecule has 1 amide bonds. The number of aliphatic hydroxyl groups is 1. The second kappa shape index (κ2) is 10.5. The van der Waals surface area contributed by atoms with Crippen LogP contribution in [0, 0.1) is 0 Å². The van der Waals surface area contributed by atoms with Gasteiger partial charge in [0.15, 0.2) is 0 Å². The average molecular weight is 453 g/mol. The van der Waals surface area contributed by atoms with Crippen molar-refractivity contribution in [3.8, 4) is 5.75 Å². The molecular weight excluding hydrogens is 424 g/mol. The predicted octanol–water partition coefficient (Wildman–Crippen LogP) is 2.99. The van der Waals surface area contributed by atoms with E-state index in [2.05, 4.69) is 11.5 Å². The van der Waals surface area contributed by atoms with E-state index >= 15 is 0 Å². The molecule has 1 atom stereocenters. The Balaban J connectivity index is 1.58. The molecule has 8 heteroatoms. The molecule has 0 spiro atoms. The van der Waals surface area contributed by atoms with E-state index in [1.54, 1.807) is 42.5 Å². The Bertz CT molecular complexity index is 1010. The largest absolute Gasteiger partial charge is 0.507 e. The maximum absolute atomic E-state index is 13.0. The van der Waals surface area contributed by atoms with Gasteiger partial charge >= 0.3 is 0 Å². The Labute approximate surface area is 192 Å². The van der Waals surface area contributed by atoms with Gasteiger partial charge in [0.25, 0.3) is 11.7 Å². The quantitative estimate of drug-likeness (QED) is 0.271. The van der Waals surface area contributed by atoms with Crippen molar-refractivity contribution in [2.45, 2.75) is 12.5 Å². The summed E-state index contributed by atoms with van der Waals surface area (Å²) >= 11 is 0. The van der Waals surface area contributed by atoms with Crippen LogP contribution in [0.4, 0.5) is 0 Å². The molecule has 4 rings (SSSR count). The highest BCUT2D eigenvalue weighted by Gasteiger charge is 2.47. The summed E-state index contributed by atoms with van der Waals surface area (Å²) in [6.45, 7) is 8.26. The van der Waals surface area contributed by atoms with E-state index in [9.17, 15) is 14.7 Å². The normalized spacial score (nSPS) is 20.8. The molecule has 2 saturated heterocycles. The molecule has 0 radical (unpaired) electrons. The second-order valence-corrected chi connectivity index (χ2v) is 7.94. The molecule has 174 valence electrons. The second-order valence-electron chi connectivity index (χ2n) is 7.94. The van der Waals surface area contributed by atoms with Crippen molar-refractivity contribution in [2.75, 3.05) is 46.0 Å². The summed E-state index contributed by atoms with van der Waals surface area (Å²) in [5, 5.41) is 11.1. The number of ether oxygens (including phenoxy) is 2. The molecule has 2 aliphatic rings. The molecule has 0 unspecified atom stereocenters. The summed E-state index contributed by atoms with van der Waals surface area (Å²) in [5.41, 5.74) is 0.449. The minimum atomic E-state index is -0.776. The van der Waals surface area contributed by atoms with Crippen molar-refractivity contribution in [1.29, 1.82) is 0 Å². The molecule has 2 aliphatic heterocycles. The Morgan fingerprint density at radius 3 is 2.58 bits per heavy atom. The fourth-order valence-electron chi connectivity index (χ4n) is 4.16. The van der Waals surface area contributed by atoms with E-state index < -0.39 is 17.7 Å². The standard InChI is InChI=1S/C25H28N2O6/c1-2-14-32-19-8-6-18(7-9-19)23(28)21-22(20-5-3-15-33-20)27(25(30)24(21)29)11-4-10-26-12-16-31-17-13-26/h2-3,5-9,15,22,28H,1,4,10-14,16-17H2/t22-/m0/s1. The van der Waals surface area contributed by atoms with Crippen LogP contribution in [-0.4, -0.2) is 72.6 Å². The van der Waals surface area contributed by atoms with Crippen LogP contribution in [0.15, 0.2) is 65.3 Å². The lowest BCUT2D eigenvalue weighted by Gasteiger charge is -2.28. The highest BCUT2D eigenvalue weighted by Crippen LogP contribution is 2.39. The van der Waals surface area contributed by atoms with Gasteiger partial charge in [-0.25, -0.2) is 0 Å². The van der Waals surface area contributed by atoms with Crippen LogP contribution in [0.25, 0.3) is 5.76 Å². The lowest BCUT2D eigenvalue weighted by Crippen LogP contribution is -2.38. The van der Waals surface area contributed by atoms with Crippen LogP contribution < -0.4 is 4.74 Å². The topological polar surface area (TPSA) is 92.5 Å². The van der Waals surface area contributed by atoms with Crippen molar-refractivity contribution < 1.29 is 28.6 Å². The van der Waals surface area contributed by atoms with E-state index in [0.717, 1.165) is 19.6 Å². The van der Waals surface area contributed by atoms with Crippen LogP contribution >= 0.6 is 0 Å². The highest BCUT2D eigenvalue weighted by molar-refractivity contribution is 6.46. The third-order valence-corrected chi connectivity index (χ3v) is 5.83. The lowest BCUT2D eigenvalue weighted by molar-refractivity contribution is -0.140. The minimum absolute atomic E-state index is 0.0288. The highest BCUT2D eigenvalue weighted by atomic mass is 16.5. The Hall–Kier alpha value is -3.36. The van der Waals surface area contributed by atoms with Gasteiger partial charge in [-0.3, -0.25) is 14.5 Å². The maximum atomic E-state index is 13.0. The molecule has 0 saturated carbocycles. The van der Waals surface area contributed by atoms with Gasteiger partial charge < -0.3 is 23.9 Å². The van der Waals surface area contributed by atoms with Crippen LogP contribution in [0.3, 0.4) is 0 Å². The molecule has 8 nitrogen and oxygen atoms in total. The monoisotopic (exact) mass is 452 g/mol. The van der Waals surface area contributed by atoms with Crippen molar-refractivity contribution >= 4 is 17.4 Å². The van der Waals surface area contributed by atoms with Crippen LogP contribution in [-0.2, 0) is 14.3 Å². The van der Waals surface area contributed by atoms with Crippen molar-refractivity contribution in [2.24, 2.45) is 0 Å². The number of nitrogens with zero attached hydrogens (tertiary/aromatic N) is 2. The number of carbonyl (C=O) groups excluding carboxylic acids is 2. The number of benzene rings is 1. The molecule has 0 aliphatic carbocycles. The molecule has 3 heterocycles. The number of hydrogen-bond acceptors (Lipinski definition) is 7. The van der Waals surface area contributed by atoms with Gasteiger partial charge in [-0.15, -0.1) is 0 Å².